The standard InChI is InChI=1S/C52H35NS/c1-2-14-38(15-3-1)45-21-6-9-25-49(45)53(42-31-28-36(29-32-42)39-30-33-52-48(35-39)47-23-8-11-27-51(47)54-52)50-26-10-7-22-46(50)41-19-12-18-40(34-41)44-24-13-17-37-16-4-5-20-43(37)44/h1-35H. The van der Waals surface area contributed by atoms with Gasteiger partial charge in [0.2, 0.25) is 0 Å². The van der Waals surface area contributed by atoms with Gasteiger partial charge in [-0.2, -0.15) is 0 Å². The fraction of sp³-hybridized carbons (Fsp3) is 0. The average molecular weight is 706 g/mol. The van der Waals surface area contributed by atoms with Crippen LogP contribution in [0, 0.1) is 0 Å². The molecule has 10 rings (SSSR count). The minimum absolute atomic E-state index is 1.10. The number of thiophene rings is 1. The second kappa shape index (κ2) is 13.7. The summed E-state index contributed by atoms with van der Waals surface area (Å²) in [6, 6.07) is 77.2. The minimum atomic E-state index is 1.10. The Hall–Kier alpha value is -6.74. The van der Waals surface area contributed by atoms with E-state index >= 15 is 0 Å². The van der Waals surface area contributed by atoms with Crippen LogP contribution >= 0.6 is 11.3 Å². The summed E-state index contributed by atoms with van der Waals surface area (Å²) in [7, 11) is 0. The van der Waals surface area contributed by atoms with Crippen LogP contribution in [0.5, 0.6) is 0 Å². The Balaban J connectivity index is 1.12. The molecule has 0 spiro atoms. The van der Waals surface area contributed by atoms with Crippen molar-refractivity contribution in [3.05, 3.63) is 212 Å². The SMILES string of the molecule is c1ccc(-c2ccccc2N(c2ccc(-c3ccc4sc5ccccc5c4c3)cc2)c2ccccc2-c2cccc(-c3cccc4ccccc34)c2)cc1. The molecule has 0 amide bonds. The highest BCUT2D eigenvalue weighted by Gasteiger charge is 2.21. The first-order chi connectivity index (χ1) is 26.8. The fourth-order valence-electron chi connectivity index (χ4n) is 7.89. The third-order valence-corrected chi connectivity index (χ3v) is 11.6. The van der Waals surface area contributed by atoms with E-state index in [2.05, 4.69) is 217 Å². The van der Waals surface area contributed by atoms with E-state index in [9.17, 15) is 0 Å². The molecule has 0 radical (unpaired) electrons. The van der Waals surface area contributed by atoms with E-state index in [-0.39, 0.29) is 0 Å². The number of benzene rings is 9. The average Bonchev–Trinajstić information content (AvgIpc) is 3.63. The van der Waals surface area contributed by atoms with Crippen molar-refractivity contribution < 1.29 is 0 Å². The molecule has 1 aromatic heterocycles. The highest BCUT2D eigenvalue weighted by molar-refractivity contribution is 7.25. The van der Waals surface area contributed by atoms with Crippen LogP contribution < -0.4 is 4.90 Å². The predicted octanol–water partition coefficient (Wildman–Crippen LogP) is 15.3. The molecule has 54 heavy (non-hydrogen) atoms. The summed E-state index contributed by atoms with van der Waals surface area (Å²) in [6.07, 6.45) is 0. The maximum atomic E-state index is 2.43. The van der Waals surface area contributed by atoms with Crippen molar-refractivity contribution in [1.82, 2.24) is 0 Å². The third kappa shape index (κ3) is 5.74. The molecule has 0 aliphatic carbocycles. The molecule has 0 saturated heterocycles. The molecule has 0 unspecified atom stereocenters. The Kier molecular flexibility index (Phi) is 8.09. The van der Waals surface area contributed by atoms with Gasteiger partial charge in [0.15, 0.2) is 0 Å². The number of hydrogen-bond acceptors (Lipinski definition) is 2. The smallest absolute Gasteiger partial charge is 0.0540 e. The fourth-order valence-corrected chi connectivity index (χ4v) is 8.98. The van der Waals surface area contributed by atoms with E-state index in [1.54, 1.807) is 0 Å². The quantitative estimate of drug-likeness (QED) is 0.160. The van der Waals surface area contributed by atoms with Gasteiger partial charge in [-0.1, -0.05) is 164 Å². The maximum Gasteiger partial charge on any atom is 0.0540 e. The molecule has 1 nitrogen and oxygen atoms in total. The molecule has 10 aromatic rings. The second-order valence-corrected chi connectivity index (χ2v) is 14.8. The van der Waals surface area contributed by atoms with Crippen molar-refractivity contribution in [2.75, 3.05) is 4.90 Å². The predicted molar refractivity (Wildman–Crippen MR) is 233 cm³/mol. The lowest BCUT2D eigenvalue weighted by atomic mass is 9.94. The van der Waals surface area contributed by atoms with Crippen LogP contribution in [0.25, 0.3) is 75.5 Å². The van der Waals surface area contributed by atoms with Gasteiger partial charge in [-0.25, -0.2) is 0 Å². The summed E-state index contributed by atoms with van der Waals surface area (Å²) < 4.78 is 2.65. The summed E-state index contributed by atoms with van der Waals surface area (Å²) in [5.41, 5.74) is 12.9. The van der Waals surface area contributed by atoms with Gasteiger partial charge < -0.3 is 4.90 Å². The van der Waals surface area contributed by atoms with Crippen LogP contribution in [0.3, 0.4) is 0 Å². The van der Waals surface area contributed by atoms with Crippen molar-refractivity contribution in [2.24, 2.45) is 0 Å². The Morgan fingerprint density at radius 3 is 1.63 bits per heavy atom. The number of nitrogens with zero attached hydrogens (tertiary/aromatic N) is 1. The number of rotatable bonds is 7. The first-order valence-corrected chi connectivity index (χ1v) is 19.2. The van der Waals surface area contributed by atoms with Crippen LogP contribution in [0.4, 0.5) is 17.1 Å². The van der Waals surface area contributed by atoms with Gasteiger partial charge in [0.25, 0.3) is 0 Å². The lowest BCUT2D eigenvalue weighted by molar-refractivity contribution is 1.28. The van der Waals surface area contributed by atoms with Crippen molar-refractivity contribution in [1.29, 1.82) is 0 Å². The van der Waals surface area contributed by atoms with Crippen LogP contribution in [0.2, 0.25) is 0 Å². The van der Waals surface area contributed by atoms with Gasteiger partial charge in [-0.15, -0.1) is 11.3 Å². The number of fused-ring (bicyclic) bond motifs is 4. The molecule has 254 valence electrons. The lowest BCUT2D eigenvalue weighted by Crippen LogP contribution is -2.12. The van der Waals surface area contributed by atoms with E-state index in [4.69, 9.17) is 0 Å². The molecule has 0 atom stereocenters. The zero-order valence-electron chi connectivity index (χ0n) is 29.6. The molecule has 0 saturated carbocycles. The van der Waals surface area contributed by atoms with Gasteiger partial charge in [0, 0.05) is 37.0 Å². The summed E-state index contributed by atoms with van der Waals surface area (Å²) in [5.74, 6) is 0. The Morgan fingerprint density at radius 1 is 0.296 bits per heavy atom. The Bertz CT molecular complexity index is 2930. The van der Waals surface area contributed by atoms with Crippen molar-refractivity contribution >= 4 is 59.3 Å². The van der Waals surface area contributed by atoms with Crippen LogP contribution in [-0.4, -0.2) is 0 Å². The lowest BCUT2D eigenvalue weighted by Gasteiger charge is -2.30. The van der Waals surface area contributed by atoms with Crippen molar-refractivity contribution in [3.63, 3.8) is 0 Å². The molecule has 0 bridgehead atoms. The number of anilines is 3. The maximum absolute atomic E-state index is 2.43. The Labute approximate surface area is 319 Å². The van der Waals surface area contributed by atoms with E-state index in [1.165, 1.54) is 75.5 Å². The molecule has 0 fully saturated rings. The second-order valence-electron chi connectivity index (χ2n) is 13.7. The van der Waals surface area contributed by atoms with Gasteiger partial charge in [-0.3, -0.25) is 0 Å². The van der Waals surface area contributed by atoms with E-state index < -0.39 is 0 Å². The Morgan fingerprint density at radius 2 is 0.833 bits per heavy atom. The molecular weight excluding hydrogens is 671 g/mol. The normalized spacial score (nSPS) is 11.3. The third-order valence-electron chi connectivity index (χ3n) is 10.5. The van der Waals surface area contributed by atoms with Crippen molar-refractivity contribution in [2.45, 2.75) is 0 Å². The highest BCUT2D eigenvalue weighted by atomic mass is 32.1. The van der Waals surface area contributed by atoms with Crippen LogP contribution in [0.15, 0.2) is 212 Å². The van der Waals surface area contributed by atoms with Crippen LogP contribution in [-0.2, 0) is 0 Å². The number of para-hydroxylation sites is 2. The van der Waals surface area contributed by atoms with E-state index in [0.717, 1.165) is 17.1 Å². The van der Waals surface area contributed by atoms with Crippen LogP contribution in [0.1, 0.15) is 0 Å². The molecule has 0 aliphatic heterocycles. The highest BCUT2D eigenvalue weighted by Crippen LogP contribution is 2.46. The zero-order valence-corrected chi connectivity index (χ0v) is 30.4. The topological polar surface area (TPSA) is 3.24 Å². The molecule has 9 aromatic carbocycles. The summed E-state index contributed by atoms with van der Waals surface area (Å²) >= 11 is 1.86. The van der Waals surface area contributed by atoms with Crippen molar-refractivity contribution in [3.8, 4) is 44.5 Å². The largest absolute Gasteiger partial charge is 0.309 e. The van der Waals surface area contributed by atoms with Gasteiger partial charge in [0.1, 0.15) is 0 Å². The molecule has 0 aliphatic rings. The molecule has 1 heterocycles. The molecule has 2 heteroatoms. The monoisotopic (exact) mass is 705 g/mol. The molecular formula is C52H35NS. The first kappa shape index (κ1) is 32.0. The van der Waals surface area contributed by atoms with E-state index in [1.807, 2.05) is 11.3 Å². The summed E-state index contributed by atoms with van der Waals surface area (Å²) in [4.78, 5) is 2.43. The summed E-state index contributed by atoms with van der Waals surface area (Å²) in [5, 5.41) is 5.14. The van der Waals surface area contributed by atoms with Gasteiger partial charge in [-0.05, 0) is 92.7 Å². The first-order valence-electron chi connectivity index (χ1n) is 18.4. The zero-order chi connectivity index (χ0) is 35.8. The van der Waals surface area contributed by atoms with Gasteiger partial charge in [0.05, 0.1) is 11.4 Å². The minimum Gasteiger partial charge on any atom is -0.309 e. The van der Waals surface area contributed by atoms with E-state index in [0.29, 0.717) is 0 Å². The molecule has 0 N–H and O–H groups in total. The summed E-state index contributed by atoms with van der Waals surface area (Å²) in [6.45, 7) is 0. The van der Waals surface area contributed by atoms with Gasteiger partial charge >= 0.3 is 0 Å². The number of hydrogen-bond donors (Lipinski definition) is 0.